The fourth-order valence-electron chi connectivity index (χ4n) is 3.18. The van der Waals surface area contributed by atoms with Gasteiger partial charge in [0, 0.05) is 6.42 Å². The van der Waals surface area contributed by atoms with Crippen molar-refractivity contribution < 1.29 is 43.0 Å². The van der Waals surface area contributed by atoms with Crippen LogP contribution in [-0.4, -0.2) is 66.8 Å². The number of aliphatic hydroxyl groups excluding tert-OH is 1. The Morgan fingerprint density at radius 1 is 1.38 bits per heavy atom. The summed E-state index contributed by atoms with van der Waals surface area (Å²) in [5, 5.41) is 17.2. The lowest BCUT2D eigenvalue weighted by Gasteiger charge is -2.16. The van der Waals surface area contributed by atoms with E-state index in [0.717, 1.165) is 0 Å². The van der Waals surface area contributed by atoms with E-state index in [2.05, 4.69) is 19.9 Å². The Kier molecular flexibility index (Phi) is 7.59. The van der Waals surface area contributed by atoms with Gasteiger partial charge >= 0.3 is 13.8 Å². The molecule has 1 amide bonds. The number of nitrogens with zero attached hydrogens (tertiary/aromatic N) is 3. The Morgan fingerprint density at radius 3 is 2.81 bits per heavy atom. The molecule has 0 aliphatic carbocycles. The molecule has 0 spiro atoms. The number of anilines is 1. The van der Waals surface area contributed by atoms with Gasteiger partial charge in [0.15, 0.2) is 5.82 Å². The molecule has 0 unspecified atom stereocenters. The van der Waals surface area contributed by atoms with Gasteiger partial charge in [-0.15, -0.1) is 0 Å². The molecule has 0 radical (unpaired) electrons. The summed E-state index contributed by atoms with van der Waals surface area (Å²) in [5.41, 5.74) is 0.949. The lowest BCUT2D eigenvalue weighted by molar-refractivity contribution is -0.151. The zero-order valence-corrected chi connectivity index (χ0v) is 18.3. The van der Waals surface area contributed by atoms with E-state index < -0.39 is 38.6 Å². The molecule has 2 aromatic heterocycles. The van der Waals surface area contributed by atoms with Crippen molar-refractivity contribution in [1.82, 2.24) is 14.6 Å². The van der Waals surface area contributed by atoms with Gasteiger partial charge < -0.3 is 29.7 Å². The van der Waals surface area contributed by atoms with Crippen molar-refractivity contribution in [3.63, 3.8) is 0 Å². The Morgan fingerprint density at radius 2 is 2.12 bits per heavy atom. The van der Waals surface area contributed by atoms with Crippen molar-refractivity contribution >= 4 is 31.0 Å². The van der Waals surface area contributed by atoms with Crippen molar-refractivity contribution in [3.8, 4) is 0 Å². The largest absolute Gasteiger partial charge is 0.469 e. The fourth-order valence-corrected chi connectivity index (χ4v) is 3.51. The van der Waals surface area contributed by atoms with Gasteiger partial charge in [0.25, 0.3) is 0 Å². The van der Waals surface area contributed by atoms with Crippen molar-refractivity contribution in [3.05, 3.63) is 24.2 Å². The minimum atomic E-state index is -4.65. The van der Waals surface area contributed by atoms with E-state index >= 15 is 0 Å². The van der Waals surface area contributed by atoms with Crippen molar-refractivity contribution in [2.24, 2.45) is 5.92 Å². The zero-order valence-electron chi connectivity index (χ0n) is 17.4. The summed E-state index contributed by atoms with van der Waals surface area (Å²) < 4.78 is 27.5. The van der Waals surface area contributed by atoms with Gasteiger partial charge in [-0.05, 0) is 12.1 Å². The molecule has 3 rings (SSSR count). The van der Waals surface area contributed by atoms with E-state index in [-0.39, 0.29) is 37.2 Å². The first kappa shape index (κ1) is 24.2. The molecule has 13 nitrogen and oxygen atoms in total. The number of amides is 1. The molecule has 3 heterocycles. The predicted molar refractivity (Wildman–Crippen MR) is 108 cm³/mol. The molecule has 32 heavy (non-hydrogen) atoms. The van der Waals surface area contributed by atoms with Crippen LogP contribution in [0.3, 0.4) is 0 Å². The van der Waals surface area contributed by atoms with Crippen LogP contribution < -0.4 is 5.32 Å². The van der Waals surface area contributed by atoms with Crippen LogP contribution in [0.2, 0.25) is 0 Å². The van der Waals surface area contributed by atoms with Gasteiger partial charge in [0.2, 0.25) is 5.91 Å². The van der Waals surface area contributed by atoms with Crippen molar-refractivity contribution in [2.75, 3.05) is 18.5 Å². The third kappa shape index (κ3) is 6.09. The number of carbonyl (C=O) groups is 2. The van der Waals surface area contributed by atoms with E-state index in [1.54, 1.807) is 26.0 Å². The molecular weight excluding hydrogens is 447 g/mol. The average Bonchev–Trinajstić information content (AvgIpc) is 3.28. The second-order valence-corrected chi connectivity index (χ2v) is 8.79. The van der Waals surface area contributed by atoms with E-state index in [0.29, 0.717) is 11.2 Å². The molecule has 1 fully saturated rings. The van der Waals surface area contributed by atoms with Crippen LogP contribution in [-0.2, 0) is 28.2 Å². The number of aliphatic hydroxyl groups is 1. The lowest BCUT2D eigenvalue weighted by Crippen LogP contribution is -2.21. The van der Waals surface area contributed by atoms with Gasteiger partial charge in [-0.25, -0.2) is 14.1 Å². The average molecular weight is 472 g/mol. The first-order valence-electron chi connectivity index (χ1n) is 9.88. The summed E-state index contributed by atoms with van der Waals surface area (Å²) >= 11 is 0. The Bertz CT molecular complexity index is 1020. The summed E-state index contributed by atoms with van der Waals surface area (Å²) in [4.78, 5) is 45.1. The molecule has 1 aliphatic rings. The summed E-state index contributed by atoms with van der Waals surface area (Å²) in [5.74, 6) is -1.01. The number of phosphoric ester groups is 1. The number of rotatable bonds is 9. The smallest absolute Gasteiger partial charge is 0.463 e. The molecule has 176 valence electrons. The first-order valence-corrected chi connectivity index (χ1v) is 11.4. The number of ether oxygens (including phenoxy) is 2. The van der Waals surface area contributed by atoms with Gasteiger partial charge in [-0.2, -0.15) is 5.10 Å². The Balaban J connectivity index is 1.67. The molecular formula is C18H25N4O9P. The van der Waals surface area contributed by atoms with Crippen molar-refractivity contribution in [2.45, 2.75) is 45.0 Å². The van der Waals surface area contributed by atoms with Crippen LogP contribution in [0.4, 0.5) is 5.82 Å². The van der Waals surface area contributed by atoms with E-state index in [1.807, 2.05) is 0 Å². The maximum absolute atomic E-state index is 12.1. The molecule has 1 saturated heterocycles. The van der Waals surface area contributed by atoms with E-state index in [4.69, 9.17) is 19.3 Å². The summed E-state index contributed by atoms with van der Waals surface area (Å²) in [7, 11) is -4.65. The topological polar surface area (TPSA) is 182 Å². The SMILES string of the molecule is CC(C)C(=O)OC[C@@H]1C[C@@H](O)[C@H](c2ccc3c(NC(=O)CCOP(=O)(O)O)ncnn23)O1. The molecule has 4 N–H and O–H groups in total. The molecule has 0 bridgehead atoms. The summed E-state index contributed by atoms with van der Waals surface area (Å²) in [6.07, 6.45) is -0.864. The quantitative estimate of drug-likeness (QED) is 0.295. The van der Waals surface area contributed by atoms with Crippen LogP contribution in [0.1, 0.15) is 38.5 Å². The molecule has 14 heteroatoms. The zero-order chi connectivity index (χ0) is 23.5. The molecule has 0 aromatic carbocycles. The van der Waals surface area contributed by atoms with Crippen LogP contribution in [0.5, 0.6) is 0 Å². The highest BCUT2D eigenvalue weighted by molar-refractivity contribution is 7.46. The monoisotopic (exact) mass is 472 g/mol. The first-order chi connectivity index (χ1) is 15.0. The Hall–Kier alpha value is -2.41. The van der Waals surface area contributed by atoms with Crippen LogP contribution >= 0.6 is 7.82 Å². The number of fused-ring (bicyclic) bond motifs is 1. The number of phosphoric acid groups is 1. The second-order valence-electron chi connectivity index (χ2n) is 7.55. The van der Waals surface area contributed by atoms with Crippen LogP contribution in [0.15, 0.2) is 18.5 Å². The minimum absolute atomic E-state index is 0.0286. The third-order valence-corrected chi connectivity index (χ3v) is 5.21. The van der Waals surface area contributed by atoms with Gasteiger partial charge in [0.05, 0.1) is 36.8 Å². The highest BCUT2D eigenvalue weighted by Gasteiger charge is 2.37. The fraction of sp³-hybridized carbons (Fsp3) is 0.556. The van der Waals surface area contributed by atoms with Crippen LogP contribution in [0.25, 0.3) is 5.52 Å². The number of aromatic nitrogens is 3. The van der Waals surface area contributed by atoms with Gasteiger partial charge in [0.1, 0.15) is 24.6 Å². The number of esters is 1. The number of hydrogen-bond donors (Lipinski definition) is 4. The maximum Gasteiger partial charge on any atom is 0.469 e. The summed E-state index contributed by atoms with van der Waals surface area (Å²) in [6.45, 7) is 3.02. The minimum Gasteiger partial charge on any atom is -0.463 e. The third-order valence-electron chi connectivity index (χ3n) is 4.69. The molecule has 1 aliphatic heterocycles. The normalized spacial score (nSPS) is 21.2. The number of carbonyl (C=O) groups excluding carboxylic acids is 2. The highest BCUT2D eigenvalue weighted by Crippen LogP contribution is 2.36. The standard InChI is InChI=1S/C18H25N4O9P/c1-10(2)18(25)29-8-11-7-14(23)16(31-11)12-3-4-13-17(19-9-20-22(12)13)21-15(24)5-6-30-32(26,27)28/h3-4,9-11,14,16,23H,5-8H2,1-2H3,(H2,26,27,28)(H,19,20,21,24)/t11-,14+,16-/m0/s1. The molecule has 0 saturated carbocycles. The molecule has 3 atom stereocenters. The second kappa shape index (κ2) is 10.0. The lowest BCUT2D eigenvalue weighted by atomic mass is 10.1. The number of nitrogens with one attached hydrogen (secondary N) is 1. The van der Waals surface area contributed by atoms with Crippen LogP contribution in [0, 0.1) is 5.92 Å². The number of hydrogen-bond acceptors (Lipinski definition) is 9. The maximum atomic E-state index is 12.1. The van der Waals surface area contributed by atoms with E-state index in [9.17, 15) is 19.3 Å². The highest BCUT2D eigenvalue weighted by atomic mass is 31.2. The van der Waals surface area contributed by atoms with Gasteiger partial charge in [-0.3, -0.25) is 14.1 Å². The molecule has 2 aromatic rings. The summed E-state index contributed by atoms with van der Waals surface area (Å²) in [6, 6.07) is 3.31. The predicted octanol–water partition coefficient (Wildman–Crippen LogP) is 0.557. The van der Waals surface area contributed by atoms with E-state index in [1.165, 1.54) is 10.8 Å². The van der Waals surface area contributed by atoms with Crippen molar-refractivity contribution in [1.29, 1.82) is 0 Å². The Labute approximate surface area is 182 Å². The van der Waals surface area contributed by atoms with Gasteiger partial charge in [-0.1, -0.05) is 13.8 Å².